The van der Waals surface area contributed by atoms with E-state index in [0.29, 0.717) is 5.92 Å². The molecule has 1 aromatic heterocycles. The Bertz CT molecular complexity index is 385. The Kier molecular flexibility index (Phi) is 4.09. The first-order valence-corrected chi connectivity index (χ1v) is 6.91. The summed E-state index contributed by atoms with van der Waals surface area (Å²) in [7, 11) is 0. The molecular weight excluding hydrogens is 263 g/mol. The first-order chi connectivity index (χ1) is 8.47. The standard InChI is InChI=1S/C11H16F3N3S/c1-7(8-5-3-2-4-6-8)15-10-16-9(17-18-10)11(12,13)14/h7-8H,2-6H2,1H3,(H,15,16,17). The quantitative estimate of drug-likeness (QED) is 0.910. The van der Waals surface area contributed by atoms with Crippen LogP contribution in [-0.2, 0) is 6.18 Å². The molecule has 0 aromatic carbocycles. The minimum Gasteiger partial charge on any atom is -0.358 e. The van der Waals surface area contributed by atoms with Gasteiger partial charge in [-0.05, 0) is 25.7 Å². The van der Waals surface area contributed by atoms with Crippen LogP contribution in [0.3, 0.4) is 0 Å². The van der Waals surface area contributed by atoms with Gasteiger partial charge in [-0.1, -0.05) is 19.3 Å². The highest BCUT2D eigenvalue weighted by atomic mass is 32.1. The summed E-state index contributed by atoms with van der Waals surface area (Å²) < 4.78 is 40.4. The Labute approximate surface area is 108 Å². The highest BCUT2D eigenvalue weighted by Crippen LogP contribution is 2.31. The summed E-state index contributed by atoms with van der Waals surface area (Å²) in [6.07, 6.45) is 1.50. The molecule has 1 fully saturated rings. The molecule has 0 spiro atoms. The van der Waals surface area contributed by atoms with Crippen molar-refractivity contribution in [2.75, 3.05) is 5.32 Å². The summed E-state index contributed by atoms with van der Waals surface area (Å²) in [5, 5.41) is 3.31. The van der Waals surface area contributed by atoms with Crippen LogP contribution in [0.25, 0.3) is 0 Å². The van der Waals surface area contributed by atoms with Crippen LogP contribution in [0, 0.1) is 5.92 Å². The molecule has 0 aliphatic heterocycles. The fraction of sp³-hybridized carbons (Fsp3) is 0.818. The van der Waals surface area contributed by atoms with Crippen molar-refractivity contribution in [2.45, 2.75) is 51.2 Å². The smallest absolute Gasteiger partial charge is 0.358 e. The highest BCUT2D eigenvalue weighted by Gasteiger charge is 2.36. The van der Waals surface area contributed by atoms with Crippen molar-refractivity contribution >= 4 is 16.7 Å². The number of halogens is 3. The van der Waals surface area contributed by atoms with Gasteiger partial charge in [0.15, 0.2) is 0 Å². The van der Waals surface area contributed by atoms with Gasteiger partial charge >= 0.3 is 6.18 Å². The van der Waals surface area contributed by atoms with Crippen LogP contribution in [0.4, 0.5) is 18.3 Å². The third kappa shape index (κ3) is 3.34. The van der Waals surface area contributed by atoms with Gasteiger partial charge in [-0.3, -0.25) is 0 Å². The maximum absolute atomic E-state index is 12.3. The molecule has 3 nitrogen and oxygen atoms in total. The highest BCUT2D eigenvalue weighted by molar-refractivity contribution is 7.09. The summed E-state index contributed by atoms with van der Waals surface area (Å²) in [5.41, 5.74) is 0. The predicted octanol–water partition coefficient (Wildman–Crippen LogP) is 3.94. The number of hydrogen-bond donors (Lipinski definition) is 1. The lowest BCUT2D eigenvalue weighted by Gasteiger charge is -2.27. The molecule has 1 aliphatic carbocycles. The van der Waals surface area contributed by atoms with Gasteiger partial charge in [0, 0.05) is 17.6 Å². The largest absolute Gasteiger partial charge is 0.452 e. The van der Waals surface area contributed by atoms with E-state index in [1.54, 1.807) is 0 Å². The van der Waals surface area contributed by atoms with Gasteiger partial charge in [-0.2, -0.15) is 22.5 Å². The monoisotopic (exact) mass is 279 g/mol. The van der Waals surface area contributed by atoms with Gasteiger partial charge < -0.3 is 5.32 Å². The molecule has 0 bridgehead atoms. The molecular formula is C11H16F3N3S. The average molecular weight is 279 g/mol. The van der Waals surface area contributed by atoms with Gasteiger partial charge in [0.1, 0.15) is 0 Å². The number of nitrogens with zero attached hydrogens (tertiary/aromatic N) is 2. The van der Waals surface area contributed by atoms with Crippen LogP contribution in [0.2, 0.25) is 0 Å². The zero-order valence-corrected chi connectivity index (χ0v) is 10.9. The van der Waals surface area contributed by atoms with Gasteiger partial charge in [0.05, 0.1) is 0 Å². The normalized spacial score (nSPS) is 19.8. The van der Waals surface area contributed by atoms with Crippen LogP contribution in [0.15, 0.2) is 0 Å². The van der Waals surface area contributed by atoms with Crippen molar-refractivity contribution in [1.82, 2.24) is 9.36 Å². The number of hydrogen-bond acceptors (Lipinski definition) is 4. The molecule has 1 aliphatic rings. The molecule has 0 saturated heterocycles. The molecule has 1 saturated carbocycles. The lowest BCUT2D eigenvalue weighted by Crippen LogP contribution is -2.27. The van der Waals surface area contributed by atoms with Gasteiger partial charge in [-0.25, -0.2) is 0 Å². The second-order valence-corrected chi connectivity index (χ2v) is 5.50. The maximum Gasteiger partial charge on any atom is 0.452 e. The van der Waals surface area contributed by atoms with E-state index in [9.17, 15) is 13.2 Å². The molecule has 0 amide bonds. The molecule has 0 radical (unpaired) electrons. The van der Waals surface area contributed by atoms with Crippen molar-refractivity contribution in [2.24, 2.45) is 5.92 Å². The average Bonchev–Trinajstić information content (AvgIpc) is 2.78. The minimum atomic E-state index is -4.45. The van der Waals surface area contributed by atoms with Crippen molar-refractivity contribution in [3.63, 3.8) is 0 Å². The van der Waals surface area contributed by atoms with Gasteiger partial charge in [0.25, 0.3) is 0 Å². The topological polar surface area (TPSA) is 37.8 Å². The number of aromatic nitrogens is 2. The molecule has 1 unspecified atom stereocenters. The Morgan fingerprint density at radius 3 is 2.50 bits per heavy atom. The lowest BCUT2D eigenvalue weighted by atomic mass is 9.85. The van der Waals surface area contributed by atoms with E-state index in [1.165, 1.54) is 19.3 Å². The Morgan fingerprint density at radius 2 is 1.94 bits per heavy atom. The molecule has 18 heavy (non-hydrogen) atoms. The summed E-state index contributed by atoms with van der Waals surface area (Å²) in [6, 6.07) is 0.152. The predicted molar refractivity (Wildman–Crippen MR) is 64.6 cm³/mol. The third-order valence-electron chi connectivity index (χ3n) is 3.39. The minimum absolute atomic E-state index is 0.152. The first-order valence-electron chi connectivity index (χ1n) is 6.14. The Balaban J connectivity index is 1.94. The maximum atomic E-state index is 12.3. The van der Waals surface area contributed by atoms with Crippen LogP contribution < -0.4 is 5.32 Å². The van der Waals surface area contributed by atoms with E-state index in [2.05, 4.69) is 14.7 Å². The molecule has 2 rings (SSSR count). The SMILES string of the molecule is CC(Nc1nc(C(F)(F)F)ns1)C1CCCCC1. The van der Waals surface area contributed by atoms with Crippen molar-refractivity contribution < 1.29 is 13.2 Å². The first kappa shape index (κ1) is 13.6. The number of nitrogens with one attached hydrogen (secondary N) is 1. The van der Waals surface area contributed by atoms with Crippen LogP contribution in [-0.4, -0.2) is 15.4 Å². The van der Waals surface area contributed by atoms with E-state index in [-0.39, 0.29) is 11.2 Å². The van der Waals surface area contributed by atoms with E-state index >= 15 is 0 Å². The fourth-order valence-electron chi connectivity index (χ4n) is 2.34. The summed E-state index contributed by atoms with van der Waals surface area (Å²) in [5.74, 6) is -0.525. The molecule has 1 heterocycles. The second kappa shape index (κ2) is 5.42. The van der Waals surface area contributed by atoms with E-state index < -0.39 is 12.0 Å². The molecule has 1 N–H and O–H groups in total. The molecule has 1 atom stereocenters. The summed E-state index contributed by atoms with van der Waals surface area (Å²) in [4.78, 5) is 3.49. The van der Waals surface area contributed by atoms with E-state index in [4.69, 9.17) is 0 Å². The third-order valence-corrected chi connectivity index (χ3v) is 4.03. The number of anilines is 1. The number of alkyl halides is 3. The van der Waals surface area contributed by atoms with Crippen molar-refractivity contribution in [3.05, 3.63) is 5.82 Å². The van der Waals surface area contributed by atoms with E-state index in [0.717, 1.165) is 24.4 Å². The van der Waals surface area contributed by atoms with Gasteiger partial charge in [0.2, 0.25) is 11.0 Å². The van der Waals surface area contributed by atoms with Crippen LogP contribution in [0.5, 0.6) is 0 Å². The van der Waals surface area contributed by atoms with Gasteiger partial charge in [-0.15, -0.1) is 0 Å². The number of rotatable bonds is 3. The van der Waals surface area contributed by atoms with E-state index in [1.807, 2.05) is 6.92 Å². The summed E-state index contributed by atoms with van der Waals surface area (Å²) >= 11 is 0.777. The zero-order valence-electron chi connectivity index (χ0n) is 10.1. The Morgan fingerprint density at radius 1 is 1.28 bits per heavy atom. The second-order valence-electron chi connectivity index (χ2n) is 4.75. The lowest BCUT2D eigenvalue weighted by molar-refractivity contribution is -0.144. The molecule has 1 aromatic rings. The van der Waals surface area contributed by atoms with Crippen molar-refractivity contribution in [1.29, 1.82) is 0 Å². The molecule has 102 valence electrons. The summed E-state index contributed by atoms with van der Waals surface area (Å²) in [6.45, 7) is 2.00. The van der Waals surface area contributed by atoms with Crippen molar-refractivity contribution in [3.8, 4) is 0 Å². The molecule has 7 heteroatoms. The van der Waals surface area contributed by atoms with Crippen LogP contribution in [0.1, 0.15) is 44.9 Å². The van der Waals surface area contributed by atoms with Crippen LogP contribution >= 0.6 is 11.5 Å². The zero-order chi connectivity index (χ0) is 13.2. The fourth-order valence-corrected chi connectivity index (χ4v) is 3.03. The Hall–Kier alpha value is -0.850.